The van der Waals surface area contributed by atoms with Crippen LogP contribution in [0.4, 0.5) is 0 Å². The van der Waals surface area contributed by atoms with Gasteiger partial charge in [0.25, 0.3) is 0 Å². The van der Waals surface area contributed by atoms with Crippen molar-refractivity contribution in [3.8, 4) is 0 Å². The van der Waals surface area contributed by atoms with Crippen LogP contribution in [0.5, 0.6) is 0 Å². The fourth-order valence-electron chi connectivity index (χ4n) is 5.41. The molecule has 3 heteroatoms. The van der Waals surface area contributed by atoms with E-state index in [1.54, 1.807) is 0 Å². The number of carbonyl (C=O) groups excluding carboxylic acids is 2. The highest BCUT2D eigenvalue weighted by atomic mass is 16.5. The zero-order chi connectivity index (χ0) is 14.9. The summed E-state index contributed by atoms with van der Waals surface area (Å²) in [6, 6.07) is 0. The van der Waals surface area contributed by atoms with E-state index >= 15 is 0 Å². The van der Waals surface area contributed by atoms with Crippen LogP contribution in [0.1, 0.15) is 47.5 Å². The number of allylic oxidation sites excluding steroid dienone is 2. The van der Waals surface area contributed by atoms with E-state index in [4.69, 9.17) is 4.74 Å². The lowest BCUT2D eigenvalue weighted by molar-refractivity contribution is -0.178. The lowest BCUT2D eigenvalue weighted by Crippen LogP contribution is -2.64. The Labute approximate surface area is 120 Å². The third kappa shape index (κ3) is 1.52. The molecule has 3 nitrogen and oxygen atoms in total. The van der Waals surface area contributed by atoms with E-state index in [1.807, 2.05) is 6.08 Å². The third-order valence-electron chi connectivity index (χ3n) is 6.25. The molecule has 0 radical (unpaired) electrons. The molecule has 110 valence electrons. The van der Waals surface area contributed by atoms with Gasteiger partial charge in [-0.25, -0.2) is 0 Å². The maximum Gasteiger partial charge on any atom is 0.302 e. The number of ether oxygens (including phenoxy) is 1. The largest absolute Gasteiger partial charge is 0.462 e. The second-order valence-corrected chi connectivity index (χ2v) is 7.74. The Hall–Kier alpha value is -1.12. The Bertz CT molecular complexity index is 516. The summed E-state index contributed by atoms with van der Waals surface area (Å²) in [6.07, 6.45) is 3.61. The van der Waals surface area contributed by atoms with Crippen molar-refractivity contribution in [1.82, 2.24) is 0 Å². The van der Waals surface area contributed by atoms with Crippen LogP contribution in [0, 0.1) is 28.6 Å². The SMILES string of the molecule is CC(=O)OC1CCC2(C)C3C(=O)C=C(C)C2C3C1(C)C. The van der Waals surface area contributed by atoms with E-state index in [1.165, 1.54) is 12.5 Å². The Morgan fingerprint density at radius 1 is 1.30 bits per heavy atom. The molecule has 0 heterocycles. The van der Waals surface area contributed by atoms with E-state index in [9.17, 15) is 9.59 Å². The van der Waals surface area contributed by atoms with Gasteiger partial charge in [0, 0.05) is 18.3 Å². The highest BCUT2D eigenvalue weighted by Crippen LogP contribution is 2.71. The zero-order valence-corrected chi connectivity index (χ0v) is 13.0. The summed E-state index contributed by atoms with van der Waals surface area (Å²) < 4.78 is 5.59. The van der Waals surface area contributed by atoms with Gasteiger partial charge in [-0.2, -0.15) is 0 Å². The summed E-state index contributed by atoms with van der Waals surface area (Å²) in [5.41, 5.74) is 1.16. The number of esters is 1. The van der Waals surface area contributed by atoms with E-state index in [2.05, 4.69) is 27.7 Å². The maximum absolute atomic E-state index is 12.4. The molecule has 4 aliphatic rings. The molecule has 5 atom stereocenters. The van der Waals surface area contributed by atoms with Crippen LogP contribution in [-0.2, 0) is 14.3 Å². The molecule has 4 bridgehead atoms. The molecule has 4 aliphatic carbocycles. The lowest BCUT2D eigenvalue weighted by atomic mass is 9.38. The van der Waals surface area contributed by atoms with Crippen molar-refractivity contribution >= 4 is 11.8 Å². The molecular formula is C17H24O3. The van der Waals surface area contributed by atoms with Gasteiger partial charge in [0.1, 0.15) is 6.10 Å². The molecule has 0 aliphatic heterocycles. The van der Waals surface area contributed by atoms with Crippen LogP contribution in [0.2, 0.25) is 0 Å². The van der Waals surface area contributed by atoms with Crippen molar-refractivity contribution < 1.29 is 14.3 Å². The quantitative estimate of drug-likeness (QED) is 0.691. The van der Waals surface area contributed by atoms with Crippen molar-refractivity contribution in [3.05, 3.63) is 11.6 Å². The van der Waals surface area contributed by atoms with Crippen LogP contribution in [0.15, 0.2) is 11.6 Å². The first-order valence-electron chi connectivity index (χ1n) is 7.59. The minimum Gasteiger partial charge on any atom is -0.462 e. The molecule has 0 aromatic rings. The van der Waals surface area contributed by atoms with Gasteiger partial charge in [0.2, 0.25) is 0 Å². The Kier molecular flexibility index (Phi) is 2.74. The van der Waals surface area contributed by atoms with Crippen molar-refractivity contribution in [2.45, 2.75) is 53.6 Å². The second-order valence-electron chi connectivity index (χ2n) is 7.74. The monoisotopic (exact) mass is 276 g/mol. The summed E-state index contributed by atoms with van der Waals surface area (Å²) in [4.78, 5) is 23.8. The fourth-order valence-corrected chi connectivity index (χ4v) is 5.41. The normalized spacial score (nSPS) is 45.0. The molecule has 0 saturated heterocycles. The van der Waals surface area contributed by atoms with Gasteiger partial charge in [-0.15, -0.1) is 0 Å². The average Bonchev–Trinajstić information content (AvgIpc) is 2.42. The first-order chi connectivity index (χ1) is 9.19. The molecule has 0 N–H and O–H groups in total. The van der Waals surface area contributed by atoms with E-state index in [0.29, 0.717) is 11.8 Å². The minimum absolute atomic E-state index is 0.0713. The van der Waals surface area contributed by atoms with Gasteiger partial charge in [0.15, 0.2) is 5.78 Å². The third-order valence-corrected chi connectivity index (χ3v) is 6.25. The first kappa shape index (κ1) is 13.8. The molecule has 4 rings (SSSR count). The average molecular weight is 276 g/mol. The van der Waals surface area contributed by atoms with Crippen molar-refractivity contribution in [3.63, 3.8) is 0 Å². The fraction of sp³-hybridized carbons (Fsp3) is 0.765. The standard InChI is InChI=1S/C17H24O3/c1-9-8-11(19)14-15-13(9)17(14,5)7-6-12(16(15,3)4)20-10(2)18/h8,12-15H,6-7H2,1-5H3. The Morgan fingerprint density at radius 3 is 2.50 bits per heavy atom. The highest BCUT2D eigenvalue weighted by Gasteiger charge is 2.70. The number of rotatable bonds is 1. The van der Waals surface area contributed by atoms with Gasteiger partial charge in [0.05, 0.1) is 0 Å². The zero-order valence-electron chi connectivity index (χ0n) is 13.0. The summed E-state index contributed by atoms with van der Waals surface area (Å²) in [5, 5.41) is 0. The van der Waals surface area contributed by atoms with Crippen molar-refractivity contribution in [2.24, 2.45) is 28.6 Å². The van der Waals surface area contributed by atoms with E-state index in [0.717, 1.165) is 12.8 Å². The number of ketones is 1. The summed E-state index contributed by atoms with van der Waals surface area (Å²) in [6.45, 7) is 10.2. The number of hydrogen-bond acceptors (Lipinski definition) is 3. The minimum atomic E-state index is -0.212. The predicted octanol–water partition coefficient (Wildman–Crippen LogP) is 3.14. The maximum atomic E-state index is 12.4. The van der Waals surface area contributed by atoms with Crippen LogP contribution >= 0.6 is 0 Å². The summed E-state index contributed by atoms with van der Waals surface area (Å²) in [5.74, 6) is 0.981. The lowest BCUT2D eigenvalue weighted by Gasteiger charge is -2.65. The predicted molar refractivity (Wildman–Crippen MR) is 75.9 cm³/mol. The Balaban J connectivity index is 2.03. The smallest absolute Gasteiger partial charge is 0.302 e. The molecule has 0 amide bonds. The number of hydrogen-bond donors (Lipinski definition) is 0. The summed E-state index contributed by atoms with van der Waals surface area (Å²) in [7, 11) is 0. The van der Waals surface area contributed by atoms with E-state index < -0.39 is 0 Å². The van der Waals surface area contributed by atoms with Gasteiger partial charge in [-0.05, 0) is 43.1 Å². The first-order valence-corrected chi connectivity index (χ1v) is 7.59. The number of carbonyl (C=O) groups is 2. The van der Waals surface area contributed by atoms with Crippen LogP contribution < -0.4 is 0 Å². The molecule has 3 saturated carbocycles. The molecular weight excluding hydrogens is 252 g/mol. The van der Waals surface area contributed by atoms with Crippen molar-refractivity contribution in [2.75, 3.05) is 0 Å². The Morgan fingerprint density at radius 2 is 1.95 bits per heavy atom. The van der Waals surface area contributed by atoms with Gasteiger partial charge in [-0.1, -0.05) is 26.3 Å². The molecule has 0 aromatic heterocycles. The molecule has 3 fully saturated rings. The van der Waals surface area contributed by atoms with Crippen LogP contribution in [-0.4, -0.2) is 17.9 Å². The molecule has 5 unspecified atom stereocenters. The van der Waals surface area contributed by atoms with Crippen molar-refractivity contribution in [1.29, 1.82) is 0 Å². The van der Waals surface area contributed by atoms with Gasteiger partial charge in [-0.3, -0.25) is 9.59 Å². The van der Waals surface area contributed by atoms with Gasteiger partial charge < -0.3 is 4.74 Å². The highest BCUT2D eigenvalue weighted by molar-refractivity contribution is 5.96. The second kappa shape index (κ2) is 3.96. The van der Waals surface area contributed by atoms with Crippen LogP contribution in [0.25, 0.3) is 0 Å². The summed E-state index contributed by atoms with van der Waals surface area (Å²) >= 11 is 0. The number of fused-ring (bicyclic) bond motifs is 3. The van der Waals surface area contributed by atoms with E-state index in [-0.39, 0.29) is 34.6 Å². The molecule has 0 aromatic carbocycles. The van der Waals surface area contributed by atoms with Gasteiger partial charge >= 0.3 is 5.97 Å². The molecule has 0 spiro atoms. The molecule has 20 heavy (non-hydrogen) atoms. The topological polar surface area (TPSA) is 43.4 Å². The van der Waals surface area contributed by atoms with Crippen LogP contribution in [0.3, 0.4) is 0 Å².